The summed E-state index contributed by atoms with van der Waals surface area (Å²) in [5, 5.41) is 5.46. The van der Waals surface area contributed by atoms with Gasteiger partial charge in [-0.1, -0.05) is 11.6 Å². The number of thiazole rings is 1. The van der Waals surface area contributed by atoms with Crippen LogP contribution < -0.4 is 10.6 Å². The average Bonchev–Trinajstić information content (AvgIpc) is 3.04. The van der Waals surface area contributed by atoms with Gasteiger partial charge in [-0.3, -0.25) is 9.59 Å². The highest BCUT2D eigenvalue weighted by Gasteiger charge is 2.12. The molecule has 0 saturated heterocycles. The zero-order valence-electron chi connectivity index (χ0n) is 9.68. The number of carbonyl (C=O) groups excluding carboxylic acids is 2. The van der Waals surface area contributed by atoms with E-state index in [2.05, 4.69) is 15.6 Å². The summed E-state index contributed by atoms with van der Waals surface area (Å²) in [6, 6.07) is 1.56. The van der Waals surface area contributed by atoms with Crippen molar-refractivity contribution in [1.29, 1.82) is 0 Å². The second kappa shape index (κ2) is 6.35. The molecule has 0 aliphatic heterocycles. The molecule has 2 rings (SSSR count). The molecule has 19 heavy (non-hydrogen) atoms. The average molecular weight is 300 g/mol. The summed E-state index contributed by atoms with van der Waals surface area (Å²) in [6.45, 7) is 0.614. The molecule has 0 unspecified atom stereocenters. The fourth-order valence-corrected chi connectivity index (χ4v) is 2.23. The standard InChI is InChI=1S/C11H10ClN3O3S/c12-9-8(19-6-15-9)11(17)14-3-2-13-10(16)7-1-4-18-5-7/h1,4-6H,2-3H2,(H,13,16)(H,14,17). The summed E-state index contributed by atoms with van der Waals surface area (Å²) in [4.78, 5) is 27.3. The van der Waals surface area contributed by atoms with E-state index >= 15 is 0 Å². The Hall–Kier alpha value is -1.86. The second-order valence-electron chi connectivity index (χ2n) is 3.50. The highest BCUT2D eigenvalue weighted by atomic mass is 35.5. The molecule has 2 N–H and O–H groups in total. The normalized spacial score (nSPS) is 10.2. The number of nitrogens with zero attached hydrogens (tertiary/aromatic N) is 1. The summed E-state index contributed by atoms with van der Waals surface area (Å²) in [7, 11) is 0. The number of rotatable bonds is 5. The molecular formula is C11H10ClN3O3S. The first-order valence-corrected chi connectivity index (χ1v) is 6.62. The lowest BCUT2D eigenvalue weighted by Gasteiger charge is -2.05. The molecular weight excluding hydrogens is 290 g/mol. The fraction of sp³-hybridized carbons (Fsp3) is 0.182. The van der Waals surface area contributed by atoms with Gasteiger partial charge in [0.1, 0.15) is 11.1 Å². The van der Waals surface area contributed by atoms with Crippen LogP contribution in [0.5, 0.6) is 0 Å². The lowest BCUT2D eigenvalue weighted by Crippen LogP contribution is -2.34. The van der Waals surface area contributed by atoms with Crippen molar-refractivity contribution in [2.45, 2.75) is 0 Å². The zero-order chi connectivity index (χ0) is 13.7. The van der Waals surface area contributed by atoms with E-state index in [0.29, 0.717) is 23.5 Å². The number of hydrogen-bond acceptors (Lipinski definition) is 5. The molecule has 0 fully saturated rings. The van der Waals surface area contributed by atoms with Gasteiger partial charge in [0, 0.05) is 13.1 Å². The third kappa shape index (κ3) is 3.55. The number of halogens is 1. The van der Waals surface area contributed by atoms with Crippen LogP contribution in [0.15, 0.2) is 28.5 Å². The topological polar surface area (TPSA) is 84.2 Å². The fourth-order valence-electron chi connectivity index (χ4n) is 1.31. The SMILES string of the molecule is O=C(NCCNC(=O)c1scnc1Cl)c1ccoc1. The molecule has 8 heteroatoms. The number of hydrogen-bond donors (Lipinski definition) is 2. The molecule has 0 radical (unpaired) electrons. The maximum atomic E-state index is 11.6. The molecule has 0 spiro atoms. The van der Waals surface area contributed by atoms with Gasteiger partial charge in [0.2, 0.25) is 0 Å². The van der Waals surface area contributed by atoms with Gasteiger partial charge in [0.15, 0.2) is 5.15 Å². The van der Waals surface area contributed by atoms with Crippen LogP contribution >= 0.6 is 22.9 Å². The second-order valence-corrected chi connectivity index (χ2v) is 4.71. The number of furan rings is 1. The minimum atomic E-state index is -0.301. The molecule has 100 valence electrons. The van der Waals surface area contributed by atoms with E-state index in [-0.39, 0.29) is 17.0 Å². The van der Waals surface area contributed by atoms with Crippen LogP contribution in [0.25, 0.3) is 0 Å². The molecule has 0 saturated carbocycles. The molecule has 6 nitrogen and oxygen atoms in total. The first-order valence-electron chi connectivity index (χ1n) is 5.36. The van der Waals surface area contributed by atoms with Crippen molar-refractivity contribution in [3.63, 3.8) is 0 Å². The van der Waals surface area contributed by atoms with Crippen molar-refractivity contribution in [2.24, 2.45) is 0 Å². The van der Waals surface area contributed by atoms with Crippen molar-refractivity contribution in [3.8, 4) is 0 Å². The van der Waals surface area contributed by atoms with Gasteiger partial charge >= 0.3 is 0 Å². The Balaban J connectivity index is 1.71. The van der Waals surface area contributed by atoms with Crippen LogP contribution in [-0.4, -0.2) is 29.9 Å². The maximum absolute atomic E-state index is 11.6. The molecule has 0 bridgehead atoms. The summed E-state index contributed by atoms with van der Waals surface area (Å²) < 4.78 is 4.79. The van der Waals surface area contributed by atoms with Gasteiger partial charge in [-0.05, 0) is 6.07 Å². The van der Waals surface area contributed by atoms with Crippen LogP contribution in [0.3, 0.4) is 0 Å². The lowest BCUT2D eigenvalue weighted by atomic mass is 10.3. The van der Waals surface area contributed by atoms with Crippen LogP contribution in [0.1, 0.15) is 20.0 Å². The van der Waals surface area contributed by atoms with Gasteiger partial charge in [0.25, 0.3) is 11.8 Å². The molecule has 2 amide bonds. The summed E-state index contributed by atoms with van der Waals surface area (Å²) in [6.07, 6.45) is 2.77. The van der Waals surface area contributed by atoms with E-state index in [1.807, 2.05) is 0 Å². The van der Waals surface area contributed by atoms with E-state index < -0.39 is 0 Å². The summed E-state index contributed by atoms with van der Waals surface area (Å²) in [5.74, 6) is -0.552. The Labute approximate surface area is 117 Å². The number of nitrogens with one attached hydrogen (secondary N) is 2. The van der Waals surface area contributed by atoms with Crippen LogP contribution in [0, 0.1) is 0 Å². The predicted molar refractivity (Wildman–Crippen MR) is 70.5 cm³/mol. The Morgan fingerprint density at radius 1 is 1.32 bits per heavy atom. The highest BCUT2D eigenvalue weighted by Crippen LogP contribution is 2.17. The number of amides is 2. The Morgan fingerprint density at radius 3 is 2.63 bits per heavy atom. The van der Waals surface area contributed by atoms with Gasteiger partial charge in [-0.15, -0.1) is 11.3 Å². The number of aromatic nitrogens is 1. The molecule has 0 atom stereocenters. The van der Waals surface area contributed by atoms with E-state index in [4.69, 9.17) is 16.0 Å². The molecule has 0 aliphatic rings. The van der Waals surface area contributed by atoms with Gasteiger partial charge in [-0.25, -0.2) is 4.98 Å². The van der Waals surface area contributed by atoms with E-state index in [9.17, 15) is 9.59 Å². The van der Waals surface area contributed by atoms with Gasteiger partial charge < -0.3 is 15.1 Å². The summed E-state index contributed by atoms with van der Waals surface area (Å²) >= 11 is 6.89. The van der Waals surface area contributed by atoms with E-state index in [1.54, 1.807) is 6.07 Å². The third-order valence-electron chi connectivity index (χ3n) is 2.21. The molecule has 2 aromatic heterocycles. The number of carbonyl (C=O) groups is 2. The zero-order valence-corrected chi connectivity index (χ0v) is 11.3. The van der Waals surface area contributed by atoms with E-state index in [0.717, 1.165) is 0 Å². The first-order chi connectivity index (χ1) is 9.18. The lowest BCUT2D eigenvalue weighted by molar-refractivity contribution is 0.0929. The van der Waals surface area contributed by atoms with Crippen molar-refractivity contribution in [2.75, 3.05) is 13.1 Å². The minimum absolute atomic E-state index is 0.185. The minimum Gasteiger partial charge on any atom is -0.472 e. The Kier molecular flexibility index (Phi) is 4.53. The Morgan fingerprint density at radius 2 is 2.05 bits per heavy atom. The molecule has 2 heterocycles. The maximum Gasteiger partial charge on any atom is 0.264 e. The van der Waals surface area contributed by atoms with Crippen LogP contribution in [0.4, 0.5) is 0 Å². The third-order valence-corrected chi connectivity index (χ3v) is 3.43. The van der Waals surface area contributed by atoms with Crippen LogP contribution in [-0.2, 0) is 0 Å². The molecule has 2 aromatic rings. The largest absolute Gasteiger partial charge is 0.472 e. The van der Waals surface area contributed by atoms with Gasteiger partial charge in [-0.2, -0.15) is 0 Å². The van der Waals surface area contributed by atoms with Crippen molar-refractivity contribution < 1.29 is 14.0 Å². The van der Waals surface area contributed by atoms with Crippen LogP contribution in [0.2, 0.25) is 5.15 Å². The smallest absolute Gasteiger partial charge is 0.264 e. The molecule has 0 aromatic carbocycles. The highest BCUT2D eigenvalue weighted by molar-refractivity contribution is 7.12. The monoisotopic (exact) mass is 299 g/mol. The molecule has 0 aliphatic carbocycles. The Bertz CT molecular complexity index is 568. The predicted octanol–water partition coefficient (Wildman–Crippen LogP) is 1.55. The summed E-state index contributed by atoms with van der Waals surface area (Å²) in [5.41, 5.74) is 1.94. The quantitative estimate of drug-likeness (QED) is 0.820. The van der Waals surface area contributed by atoms with Crippen molar-refractivity contribution in [3.05, 3.63) is 39.7 Å². The van der Waals surface area contributed by atoms with Gasteiger partial charge in [0.05, 0.1) is 17.3 Å². The van der Waals surface area contributed by atoms with E-state index in [1.165, 1.54) is 29.4 Å². The van der Waals surface area contributed by atoms with Crippen molar-refractivity contribution in [1.82, 2.24) is 15.6 Å². The van der Waals surface area contributed by atoms with Crippen molar-refractivity contribution >= 4 is 34.8 Å². The first kappa shape index (κ1) is 13.6.